The monoisotopic (exact) mass is 271 g/mol. The summed E-state index contributed by atoms with van der Waals surface area (Å²) in [7, 11) is 0. The van der Waals surface area contributed by atoms with Gasteiger partial charge < -0.3 is 15.8 Å². The molecule has 0 saturated heterocycles. The van der Waals surface area contributed by atoms with Crippen molar-refractivity contribution in [3.8, 4) is 0 Å². The first-order chi connectivity index (χ1) is 9.67. The van der Waals surface area contributed by atoms with Crippen molar-refractivity contribution in [3.05, 3.63) is 42.5 Å². The van der Waals surface area contributed by atoms with E-state index in [4.69, 9.17) is 10.9 Å². The Kier molecular flexibility index (Phi) is 4.20. The van der Waals surface area contributed by atoms with Crippen molar-refractivity contribution in [1.82, 2.24) is 0 Å². The van der Waals surface area contributed by atoms with Crippen molar-refractivity contribution >= 4 is 28.2 Å². The summed E-state index contributed by atoms with van der Waals surface area (Å²) in [6.07, 6.45) is -0.104. The Labute approximate surface area is 117 Å². The van der Waals surface area contributed by atoms with Gasteiger partial charge in [-0.3, -0.25) is 4.79 Å². The predicted molar refractivity (Wildman–Crippen MR) is 80.0 cm³/mol. The second-order valence-electron chi connectivity index (χ2n) is 4.40. The molecule has 104 valence electrons. The third kappa shape index (κ3) is 2.71. The number of carbonyl (C=O) groups is 1. The highest BCUT2D eigenvalue weighted by Gasteiger charge is 2.17. The minimum absolute atomic E-state index is 0.0892. The third-order valence-corrected chi connectivity index (χ3v) is 3.14. The molecule has 2 aromatic rings. The van der Waals surface area contributed by atoms with E-state index in [1.54, 1.807) is 4.90 Å². The Morgan fingerprint density at radius 3 is 2.65 bits per heavy atom. The lowest BCUT2D eigenvalue weighted by Gasteiger charge is -2.22. The number of hydrogen-bond donors (Lipinski definition) is 2. The van der Waals surface area contributed by atoms with Crippen molar-refractivity contribution in [2.75, 3.05) is 11.4 Å². The van der Waals surface area contributed by atoms with Gasteiger partial charge >= 0.3 is 0 Å². The number of fused-ring (bicyclic) bond motifs is 1. The molecule has 0 heterocycles. The van der Waals surface area contributed by atoms with Crippen LogP contribution in [0.5, 0.6) is 0 Å². The largest absolute Gasteiger partial charge is 0.409 e. The van der Waals surface area contributed by atoms with Crippen molar-refractivity contribution in [3.63, 3.8) is 0 Å². The summed E-state index contributed by atoms with van der Waals surface area (Å²) in [5.74, 6) is -0.284. The van der Waals surface area contributed by atoms with E-state index in [0.29, 0.717) is 6.54 Å². The second-order valence-corrected chi connectivity index (χ2v) is 4.40. The fourth-order valence-corrected chi connectivity index (χ4v) is 2.21. The lowest BCUT2D eigenvalue weighted by molar-refractivity contribution is -0.117. The van der Waals surface area contributed by atoms with E-state index in [-0.39, 0.29) is 18.2 Å². The zero-order chi connectivity index (χ0) is 14.5. The Bertz CT molecular complexity index is 647. The predicted octanol–water partition coefficient (Wildman–Crippen LogP) is 2.33. The number of nitrogens with two attached hydrogens (primary N) is 1. The average Bonchev–Trinajstić information content (AvgIpc) is 2.48. The van der Waals surface area contributed by atoms with E-state index in [1.807, 2.05) is 49.4 Å². The van der Waals surface area contributed by atoms with E-state index in [9.17, 15) is 4.79 Å². The summed E-state index contributed by atoms with van der Waals surface area (Å²) in [5, 5.41) is 13.5. The summed E-state index contributed by atoms with van der Waals surface area (Å²) in [6, 6.07) is 13.7. The number of amidine groups is 1. The Balaban J connectivity index is 2.42. The van der Waals surface area contributed by atoms with Crippen LogP contribution in [0, 0.1) is 0 Å². The SMILES string of the molecule is CCN(C(=O)C/C(N)=N/O)c1cccc2ccccc12. The van der Waals surface area contributed by atoms with Gasteiger partial charge in [0.1, 0.15) is 5.84 Å². The van der Waals surface area contributed by atoms with E-state index in [1.165, 1.54) is 0 Å². The zero-order valence-electron chi connectivity index (χ0n) is 11.3. The number of nitrogens with zero attached hydrogens (tertiary/aromatic N) is 2. The molecule has 2 rings (SSSR count). The van der Waals surface area contributed by atoms with Crippen LogP contribution in [0.25, 0.3) is 10.8 Å². The molecular formula is C15H17N3O2. The maximum atomic E-state index is 12.2. The summed E-state index contributed by atoms with van der Waals surface area (Å²) in [4.78, 5) is 13.9. The lowest BCUT2D eigenvalue weighted by Crippen LogP contribution is -2.34. The summed E-state index contributed by atoms with van der Waals surface area (Å²) >= 11 is 0. The maximum absolute atomic E-state index is 12.2. The highest BCUT2D eigenvalue weighted by atomic mass is 16.4. The fraction of sp³-hybridized carbons (Fsp3) is 0.200. The third-order valence-electron chi connectivity index (χ3n) is 3.14. The van der Waals surface area contributed by atoms with Crippen LogP contribution in [0.4, 0.5) is 5.69 Å². The van der Waals surface area contributed by atoms with Crippen molar-refractivity contribution in [2.45, 2.75) is 13.3 Å². The van der Waals surface area contributed by atoms with E-state index >= 15 is 0 Å². The number of hydrogen-bond acceptors (Lipinski definition) is 3. The van der Waals surface area contributed by atoms with Crippen LogP contribution in [-0.4, -0.2) is 23.5 Å². The van der Waals surface area contributed by atoms with Crippen LogP contribution in [0.2, 0.25) is 0 Å². The Morgan fingerprint density at radius 2 is 1.95 bits per heavy atom. The smallest absolute Gasteiger partial charge is 0.234 e. The van der Waals surface area contributed by atoms with Gasteiger partial charge in [0, 0.05) is 11.9 Å². The lowest BCUT2D eigenvalue weighted by atomic mass is 10.1. The highest BCUT2D eigenvalue weighted by molar-refractivity contribution is 6.09. The molecule has 3 N–H and O–H groups in total. The average molecular weight is 271 g/mol. The van der Waals surface area contributed by atoms with E-state index in [2.05, 4.69) is 5.16 Å². The summed E-state index contributed by atoms with van der Waals surface area (Å²) < 4.78 is 0. The molecule has 0 fully saturated rings. The molecular weight excluding hydrogens is 254 g/mol. The van der Waals surface area contributed by atoms with Crippen molar-refractivity contribution in [2.24, 2.45) is 10.9 Å². The van der Waals surface area contributed by atoms with Crippen LogP contribution in [0.3, 0.4) is 0 Å². The van der Waals surface area contributed by atoms with Crippen LogP contribution in [0.15, 0.2) is 47.6 Å². The molecule has 5 nitrogen and oxygen atoms in total. The van der Waals surface area contributed by atoms with Gasteiger partial charge in [0.2, 0.25) is 5.91 Å². The van der Waals surface area contributed by atoms with Crippen LogP contribution < -0.4 is 10.6 Å². The Hall–Kier alpha value is -2.56. The number of rotatable bonds is 4. The molecule has 0 saturated carbocycles. The topological polar surface area (TPSA) is 78.9 Å². The molecule has 0 aliphatic heterocycles. The van der Waals surface area contributed by atoms with Crippen LogP contribution >= 0.6 is 0 Å². The van der Waals surface area contributed by atoms with Gasteiger partial charge in [0.25, 0.3) is 0 Å². The van der Waals surface area contributed by atoms with Crippen molar-refractivity contribution in [1.29, 1.82) is 0 Å². The van der Waals surface area contributed by atoms with Crippen LogP contribution in [-0.2, 0) is 4.79 Å². The van der Waals surface area contributed by atoms with Gasteiger partial charge in [-0.2, -0.15) is 0 Å². The summed E-state index contributed by atoms with van der Waals surface area (Å²) in [6.45, 7) is 2.41. The minimum atomic E-state index is -0.195. The maximum Gasteiger partial charge on any atom is 0.234 e. The molecule has 0 atom stereocenters. The highest BCUT2D eigenvalue weighted by Crippen LogP contribution is 2.27. The molecule has 0 bridgehead atoms. The molecule has 0 unspecified atom stereocenters. The van der Waals surface area contributed by atoms with Gasteiger partial charge in [-0.05, 0) is 18.4 Å². The van der Waals surface area contributed by atoms with Gasteiger partial charge in [-0.25, -0.2) is 0 Å². The van der Waals surface area contributed by atoms with Gasteiger partial charge in [0.05, 0.1) is 12.1 Å². The zero-order valence-corrected chi connectivity index (χ0v) is 11.3. The van der Waals surface area contributed by atoms with Gasteiger partial charge in [-0.1, -0.05) is 41.6 Å². The van der Waals surface area contributed by atoms with E-state index < -0.39 is 0 Å². The Morgan fingerprint density at radius 1 is 1.25 bits per heavy atom. The first-order valence-electron chi connectivity index (χ1n) is 6.42. The number of carbonyl (C=O) groups excluding carboxylic acids is 1. The molecule has 0 aromatic heterocycles. The normalized spacial score (nSPS) is 11.6. The molecule has 0 aliphatic carbocycles. The standard InChI is InChI=1S/C15H17N3O2/c1-2-18(15(19)10-14(16)17-20)13-9-5-7-11-6-3-4-8-12(11)13/h3-9,20H,2,10H2,1H3,(H2,16,17). The molecule has 20 heavy (non-hydrogen) atoms. The molecule has 0 spiro atoms. The second kappa shape index (κ2) is 6.06. The first kappa shape index (κ1) is 13.9. The van der Waals surface area contributed by atoms with E-state index in [0.717, 1.165) is 16.5 Å². The van der Waals surface area contributed by atoms with Crippen LogP contribution in [0.1, 0.15) is 13.3 Å². The number of benzene rings is 2. The number of anilines is 1. The molecule has 0 aliphatic rings. The molecule has 1 amide bonds. The molecule has 2 aromatic carbocycles. The molecule has 0 radical (unpaired) electrons. The first-order valence-corrected chi connectivity index (χ1v) is 6.42. The van der Waals surface area contributed by atoms with Crippen molar-refractivity contribution < 1.29 is 10.0 Å². The number of amides is 1. The number of oxime groups is 1. The quantitative estimate of drug-likeness (QED) is 0.387. The van der Waals surface area contributed by atoms with Gasteiger partial charge in [-0.15, -0.1) is 0 Å². The van der Waals surface area contributed by atoms with Gasteiger partial charge in [0.15, 0.2) is 0 Å². The summed E-state index contributed by atoms with van der Waals surface area (Å²) in [5.41, 5.74) is 6.24. The fourth-order valence-electron chi connectivity index (χ4n) is 2.21. The molecule has 5 heteroatoms. The minimum Gasteiger partial charge on any atom is -0.409 e.